The van der Waals surface area contributed by atoms with Crippen LogP contribution in [0.3, 0.4) is 0 Å². The minimum absolute atomic E-state index is 0.122. The van der Waals surface area contributed by atoms with Gasteiger partial charge in [0.25, 0.3) is 0 Å². The van der Waals surface area contributed by atoms with Gasteiger partial charge in [0.15, 0.2) is 0 Å². The molecule has 1 fully saturated rings. The number of ether oxygens (including phenoxy) is 2. The van der Waals surface area contributed by atoms with Crippen LogP contribution < -0.4 is 0 Å². The molecule has 1 heterocycles. The van der Waals surface area contributed by atoms with Gasteiger partial charge >= 0.3 is 11.9 Å². The number of rotatable bonds is 5. The first-order valence-corrected chi connectivity index (χ1v) is 5.13. The summed E-state index contributed by atoms with van der Waals surface area (Å²) in [6.07, 6.45) is 1.90. The Balaban J connectivity index is 2.56. The molecule has 0 spiro atoms. The zero-order valence-electron chi connectivity index (χ0n) is 9.19. The first kappa shape index (κ1) is 12.1. The lowest BCUT2D eigenvalue weighted by Gasteiger charge is -2.31. The zero-order chi connectivity index (χ0) is 11.3. The quantitative estimate of drug-likeness (QED) is 0.484. The number of morpholine rings is 1. The minimum atomic E-state index is -0.469. The Morgan fingerprint density at radius 3 is 2.47 bits per heavy atom. The van der Waals surface area contributed by atoms with Crippen molar-refractivity contribution < 1.29 is 19.1 Å². The summed E-state index contributed by atoms with van der Waals surface area (Å²) >= 11 is 0. The fraction of sp³-hybridized carbons (Fsp3) is 0.800. The Kier molecular flexibility index (Phi) is 4.71. The van der Waals surface area contributed by atoms with Crippen LogP contribution in [0.4, 0.5) is 0 Å². The summed E-state index contributed by atoms with van der Waals surface area (Å²) in [5, 5.41) is 0. The molecule has 0 amide bonds. The van der Waals surface area contributed by atoms with Crippen LogP contribution in [-0.4, -0.2) is 49.7 Å². The molecule has 5 heteroatoms. The highest BCUT2D eigenvalue weighted by molar-refractivity contribution is 5.90. The van der Waals surface area contributed by atoms with Crippen LogP contribution in [0.2, 0.25) is 0 Å². The lowest BCUT2D eigenvalue weighted by Crippen LogP contribution is -2.49. The third-order valence-electron chi connectivity index (χ3n) is 2.39. The van der Waals surface area contributed by atoms with Gasteiger partial charge in [-0.3, -0.25) is 14.5 Å². The van der Waals surface area contributed by atoms with Crippen molar-refractivity contribution in [3.8, 4) is 0 Å². The number of hydrogen-bond donors (Lipinski definition) is 0. The van der Waals surface area contributed by atoms with E-state index in [1.54, 1.807) is 7.11 Å². The van der Waals surface area contributed by atoms with E-state index in [1.165, 1.54) is 0 Å². The molecule has 86 valence electrons. The zero-order valence-corrected chi connectivity index (χ0v) is 9.19. The van der Waals surface area contributed by atoms with Gasteiger partial charge in [-0.1, -0.05) is 13.3 Å². The van der Waals surface area contributed by atoms with Crippen molar-refractivity contribution in [2.45, 2.75) is 25.8 Å². The monoisotopic (exact) mass is 215 g/mol. The Morgan fingerprint density at radius 1 is 1.40 bits per heavy atom. The van der Waals surface area contributed by atoms with Crippen LogP contribution >= 0.6 is 0 Å². The van der Waals surface area contributed by atoms with Crippen LogP contribution in [0.25, 0.3) is 0 Å². The Morgan fingerprint density at radius 2 is 2.00 bits per heavy atom. The van der Waals surface area contributed by atoms with Crippen molar-refractivity contribution in [3.63, 3.8) is 0 Å². The van der Waals surface area contributed by atoms with E-state index in [2.05, 4.69) is 11.7 Å². The number of cyclic esters (lactones) is 2. The van der Waals surface area contributed by atoms with Gasteiger partial charge in [-0.15, -0.1) is 0 Å². The van der Waals surface area contributed by atoms with E-state index in [-0.39, 0.29) is 19.1 Å². The SMILES string of the molecule is CCCC(COC)N1CC(=O)OC(=O)C1. The van der Waals surface area contributed by atoms with E-state index in [1.807, 2.05) is 4.90 Å². The van der Waals surface area contributed by atoms with Crippen LogP contribution in [0, 0.1) is 0 Å². The predicted molar refractivity (Wildman–Crippen MR) is 53.2 cm³/mol. The van der Waals surface area contributed by atoms with E-state index in [0.29, 0.717) is 6.61 Å². The van der Waals surface area contributed by atoms with Gasteiger partial charge in [0.1, 0.15) is 0 Å². The fourth-order valence-electron chi connectivity index (χ4n) is 1.73. The lowest BCUT2D eigenvalue weighted by atomic mass is 10.1. The number of carbonyl (C=O) groups is 2. The Hall–Kier alpha value is -0.940. The summed E-state index contributed by atoms with van der Waals surface area (Å²) in [6, 6.07) is 0.122. The van der Waals surface area contributed by atoms with Crippen LogP contribution in [0.1, 0.15) is 19.8 Å². The normalized spacial score (nSPS) is 20.1. The first-order valence-electron chi connectivity index (χ1n) is 5.13. The van der Waals surface area contributed by atoms with Gasteiger partial charge < -0.3 is 9.47 Å². The van der Waals surface area contributed by atoms with Crippen LogP contribution in [0.15, 0.2) is 0 Å². The van der Waals surface area contributed by atoms with Gasteiger partial charge in [0.2, 0.25) is 0 Å². The molecule has 0 aromatic rings. The molecular weight excluding hydrogens is 198 g/mol. The molecule has 0 bridgehead atoms. The molecule has 1 aliphatic rings. The van der Waals surface area contributed by atoms with E-state index < -0.39 is 11.9 Å². The van der Waals surface area contributed by atoms with Gasteiger partial charge in [-0.2, -0.15) is 0 Å². The third kappa shape index (κ3) is 3.60. The van der Waals surface area contributed by atoms with Crippen molar-refractivity contribution in [1.82, 2.24) is 4.90 Å². The van der Waals surface area contributed by atoms with Gasteiger partial charge in [0, 0.05) is 13.2 Å². The molecule has 1 aliphatic heterocycles. The topological polar surface area (TPSA) is 55.8 Å². The maximum Gasteiger partial charge on any atom is 0.327 e. The van der Waals surface area contributed by atoms with E-state index in [9.17, 15) is 9.59 Å². The smallest absolute Gasteiger partial charge is 0.327 e. The van der Waals surface area contributed by atoms with Gasteiger partial charge in [0.05, 0.1) is 19.7 Å². The Bertz CT molecular complexity index is 220. The van der Waals surface area contributed by atoms with Crippen molar-refractivity contribution in [3.05, 3.63) is 0 Å². The Labute approximate surface area is 89.3 Å². The summed E-state index contributed by atoms with van der Waals surface area (Å²) in [4.78, 5) is 24.0. The predicted octanol–water partition coefficient (Wildman–Crippen LogP) is 0.187. The molecule has 0 radical (unpaired) electrons. The van der Waals surface area contributed by atoms with Crippen LogP contribution in [-0.2, 0) is 19.1 Å². The van der Waals surface area contributed by atoms with Crippen molar-refractivity contribution >= 4 is 11.9 Å². The second-order valence-electron chi connectivity index (χ2n) is 3.65. The minimum Gasteiger partial charge on any atom is -0.391 e. The van der Waals surface area contributed by atoms with E-state index >= 15 is 0 Å². The highest BCUT2D eigenvalue weighted by Crippen LogP contribution is 2.11. The van der Waals surface area contributed by atoms with E-state index in [4.69, 9.17) is 4.74 Å². The molecule has 15 heavy (non-hydrogen) atoms. The number of nitrogens with zero attached hydrogens (tertiary/aromatic N) is 1. The molecular formula is C10H17NO4. The second kappa shape index (κ2) is 5.82. The number of carbonyl (C=O) groups excluding carboxylic acids is 2. The first-order chi connectivity index (χ1) is 7.17. The molecule has 5 nitrogen and oxygen atoms in total. The highest BCUT2D eigenvalue weighted by atomic mass is 16.6. The molecule has 0 N–H and O–H groups in total. The molecule has 0 aromatic carbocycles. The number of hydrogen-bond acceptors (Lipinski definition) is 5. The van der Waals surface area contributed by atoms with Crippen molar-refractivity contribution in [2.75, 3.05) is 26.8 Å². The highest BCUT2D eigenvalue weighted by Gasteiger charge is 2.29. The summed E-state index contributed by atoms with van der Waals surface area (Å²) in [7, 11) is 1.62. The molecule has 1 rings (SSSR count). The number of esters is 2. The molecule has 0 aliphatic carbocycles. The maximum absolute atomic E-state index is 11.1. The maximum atomic E-state index is 11.1. The van der Waals surface area contributed by atoms with Crippen molar-refractivity contribution in [2.24, 2.45) is 0 Å². The fourth-order valence-corrected chi connectivity index (χ4v) is 1.73. The molecule has 1 unspecified atom stereocenters. The second-order valence-corrected chi connectivity index (χ2v) is 3.65. The summed E-state index contributed by atoms with van der Waals surface area (Å²) < 4.78 is 9.54. The average molecular weight is 215 g/mol. The van der Waals surface area contributed by atoms with Crippen LogP contribution in [0.5, 0.6) is 0 Å². The van der Waals surface area contributed by atoms with E-state index in [0.717, 1.165) is 12.8 Å². The summed E-state index contributed by atoms with van der Waals surface area (Å²) in [5.74, 6) is -0.938. The van der Waals surface area contributed by atoms with Gasteiger partial charge in [-0.05, 0) is 6.42 Å². The average Bonchev–Trinajstić information content (AvgIpc) is 2.16. The molecule has 0 aromatic heterocycles. The lowest BCUT2D eigenvalue weighted by molar-refractivity contribution is -0.168. The van der Waals surface area contributed by atoms with Crippen molar-refractivity contribution in [1.29, 1.82) is 0 Å². The molecule has 1 atom stereocenters. The number of methoxy groups -OCH3 is 1. The summed E-state index contributed by atoms with van der Waals surface area (Å²) in [5.41, 5.74) is 0. The van der Waals surface area contributed by atoms with Gasteiger partial charge in [-0.25, -0.2) is 0 Å². The molecule has 1 saturated heterocycles. The largest absolute Gasteiger partial charge is 0.391 e. The third-order valence-corrected chi connectivity index (χ3v) is 2.39. The molecule has 0 saturated carbocycles. The standard InChI is InChI=1S/C10H17NO4/c1-3-4-8(7-14-2)11-5-9(12)15-10(13)6-11/h8H,3-7H2,1-2H3. The summed E-state index contributed by atoms with van der Waals surface area (Å²) in [6.45, 7) is 2.96.